The summed E-state index contributed by atoms with van der Waals surface area (Å²) in [5, 5.41) is 0.400. The van der Waals surface area contributed by atoms with Gasteiger partial charge in [-0.3, -0.25) is 4.79 Å². The summed E-state index contributed by atoms with van der Waals surface area (Å²) >= 11 is 9.67. The third-order valence-corrected chi connectivity index (χ3v) is 2.43. The van der Waals surface area contributed by atoms with Gasteiger partial charge in [0, 0.05) is 18.5 Å². The van der Waals surface area contributed by atoms with Crippen LogP contribution in [0, 0.1) is 5.82 Å². The molecule has 15 heavy (non-hydrogen) atoms. The van der Waals surface area contributed by atoms with Gasteiger partial charge in [0.25, 0.3) is 0 Å². The molecule has 1 aromatic rings. The van der Waals surface area contributed by atoms with Crippen LogP contribution in [0.4, 0.5) is 10.1 Å². The Morgan fingerprint density at radius 3 is 2.87 bits per heavy atom. The highest BCUT2D eigenvalue weighted by Crippen LogP contribution is 2.23. The van der Waals surface area contributed by atoms with Crippen LogP contribution in [0.3, 0.4) is 0 Å². The standard InChI is InChI=1S/C10H11ClFNOS/c1-13(10(14)4-5-15)9-6-7(11)2-3-8(9)12/h2-3,6,15H,4-5H2,1H3. The third-order valence-electron chi connectivity index (χ3n) is 1.97. The van der Waals surface area contributed by atoms with Gasteiger partial charge in [0.15, 0.2) is 0 Å². The quantitative estimate of drug-likeness (QED) is 0.815. The summed E-state index contributed by atoms with van der Waals surface area (Å²) in [6.45, 7) is 0. The molecule has 1 amide bonds. The predicted octanol–water partition coefficient (Wildman–Crippen LogP) is 2.76. The molecule has 0 unspecified atom stereocenters. The first-order valence-electron chi connectivity index (χ1n) is 4.38. The van der Waals surface area contributed by atoms with E-state index in [1.807, 2.05) is 0 Å². The molecule has 1 rings (SSSR count). The van der Waals surface area contributed by atoms with Gasteiger partial charge in [-0.05, 0) is 24.0 Å². The van der Waals surface area contributed by atoms with E-state index in [-0.39, 0.29) is 18.0 Å². The lowest BCUT2D eigenvalue weighted by atomic mass is 10.2. The lowest BCUT2D eigenvalue weighted by Crippen LogP contribution is -2.27. The maximum atomic E-state index is 13.3. The maximum Gasteiger partial charge on any atom is 0.227 e. The van der Waals surface area contributed by atoms with E-state index in [4.69, 9.17) is 11.6 Å². The predicted molar refractivity (Wildman–Crippen MR) is 63.3 cm³/mol. The lowest BCUT2D eigenvalue weighted by Gasteiger charge is -2.17. The summed E-state index contributed by atoms with van der Waals surface area (Å²) in [4.78, 5) is 12.7. The maximum absolute atomic E-state index is 13.3. The van der Waals surface area contributed by atoms with Crippen LogP contribution >= 0.6 is 24.2 Å². The van der Waals surface area contributed by atoms with Gasteiger partial charge in [0.2, 0.25) is 5.91 Å². The molecule has 0 N–H and O–H groups in total. The molecule has 0 fully saturated rings. The molecule has 0 saturated carbocycles. The van der Waals surface area contributed by atoms with Gasteiger partial charge in [-0.25, -0.2) is 4.39 Å². The van der Waals surface area contributed by atoms with Crippen molar-refractivity contribution in [3.05, 3.63) is 29.0 Å². The molecule has 1 aromatic carbocycles. The number of thiol groups is 1. The molecule has 82 valence electrons. The summed E-state index contributed by atoms with van der Waals surface area (Å²) < 4.78 is 13.3. The summed E-state index contributed by atoms with van der Waals surface area (Å²) in [6, 6.07) is 4.10. The topological polar surface area (TPSA) is 20.3 Å². The zero-order valence-electron chi connectivity index (χ0n) is 8.20. The first-order chi connectivity index (χ1) is 7.06. The molecule has 0 spiro atoms. The fraction of sp³-hybridized carbons (Fsp3) is 0.300. The van der Waals surface area contributed by atoms with Crippen LogP contribution in [0.25, 0.3) is 0 Å². The molecule has 0 atom stereocenters. The van der Waals surface area contributed by atoms with Crippen molar-refractivity contribution in [3.8, 4) is 0 Å². The van der Waals surface area contributed by atoms with Crippen molar-refractivity contribution >= 4 is 35.8 Å². The largest absolute Gasteiger partial charge is 0.313 e. The highest BCUT2D eigenvalue weighted by Gasteiger charge is 2.14. The Labute approximate surface area is 98.4 Å². The van der Waals surface area contributed by atoms with Crippen molar-refractivity contribution in [2.45, 2.75) is 6.42 Å². The van der Waals surface area contributed by atoms with E-state index in [1.165, 1.54) is 30.1 Å². The smallest absolute Gasteiger partial charge is 0.227 e. The summed E-state index contributed by atoms with van der Waals surface area (Å²) in [6.07, 6.45) is 0.269. The molecule has 5 heteroatoms. The van der Waals surface area contributed by atoms with Crippen molar-refractivity contribution in [1.29, 1.82) is 0 Å². The highest BCUT2D eigenvalue weighted by molar-refractivity contribution is 7.80. The molecule has 2 nitrogen and oxygen atoms in total. The normalized spacial score (nSPS) is 10.1. The molecule has 0 aliphatic heterocycles. The average molecular weight is 248 g/mol. The second-order valence-corrected chi connectivity index (χ2v) is 3.91. The van der Waals surface area contributed by atoms with Crippen molar-refractivity contribution in [2.75, 3.05) is 17.7 Å². The Morgan fingerprint density at radius 2 is 2.27 bits per heavy atom. The Bertz CT molecular complexity index is 372. The zero-order valence-corrected chi connectivity index (χ0v) is 9.86. The fourth-order valence-corrected chi connectivity index (χ4v) is 1.50. The number of halogens is 2. The molecule has 0 saturated heterocycles. The minimum absolute atomic E-state index is 0.189. The second kappa shape index (κ2) is 5.37. The third kappa shape index (κ3) is 3.11. The first kappa shape index (κ1) is 12.3. The molecular formula is C10H11ClFNOS. The van der Waals surface area contributed by atoms with E-state index in [0.29, 0.717) is 10.8 Å². The minimum atomic E-state index is -0.464. The Morgan fingerprint density at radius 1 is 1.60 bits per heavy atom. The van der Waals surface area contributed by atoms with Crippen LogP contribution in [-0.4, -0.2) is 18.7 Å². The van der Waals surface area contributed by atoms with E-state index in [0.717, 1.165) is 0 Å². The van der Waals surface area contributed by atoms with Gasteiger partial charge in [0.1, 0.15) is 5.82 Å². The van der Waals surface area contributed by atoms with E-state index in [9.17, 15) is 9.18 Å². The fourth-order valence-electron chi connectivity index (χ4n) is 1.14. The number of amides is 1. The minimum Gasteiger partial charge on any atom is -0.313 e. The van der Waals surface area contributed by atoms with E-state index < -0.39 is 5.82 Å². The summed E-state index contributed by atoms with van der Waals surface area (Å²) in [5.41, 5.74) is 0.189. The van der Waals surface area contributed by atoms with Crippen LogP contribution < -0.4 is 4.90 Å². The van der Waals surface area contributed by atoms with Gasteiger partial charge >= 0.3 is 0 Å². The molecule has 0 aromatic heterocycles. The van der Waals surface area contributed by atoms with Crippen molar-refractivity contribution < 1.29 is 9.18 Å². The Kier molecular flexibility index (Phi) is 4.42. The Hall–Kier alpha value is -0.740. The molecule has 0 aliphatic rings. The number of carbonyl (C=O) groups excluding carboxylic acids is 1. The van der Waals surface area contributed by atoms with Gasteiger partial charge in [0.05, 0.1) is 5.69 Å². The molecule has 0 heterocycles. The molecule has 0 bridgehead atoms. The van der Waals surface area contributed by atoms with Crippen LogP contribution in [-0.2, 0) is 4.79 Å². The molecule has 0 aliphatic carbocycles. The van der Waals surface area contributed by atoms with E-state index in [2.05, 4.69) is 12.6 Å². The number of nitrogens with zero attached hydrogens (tertiary/aromatic N) is 1. The number of carbonyl (C=O) groups is 1. The van der Waals surface area contributed by atoms with E-state index >= 15 is 0 Å². The van der Waals surface area contributed by atoms with Gasteiger partial charge in [-0.2, -0.15) is 12.6 Å². The summed E-state index contributed by atoms with van der Waals surface area (Å²) in [5.74, 6) is -0.216. The zero-order chi connectivity index (χ0) is 11.4. The SMILES string of the molecule is CN(C(=O)CCS)c1cc(Cl)ccc1F. The van der Waals surface area contributed by atoms with Gasteiger partial charge in [-0.15, -0.1) is 0 Å². The molecule has 0 radical (unpaired) electrons. The van der Waals surface area contributed by atoms with Crippen LogP contribution in [0.1, 0.15) is 6.42 Å². The average Bonchev–Trinajstić information content (AvgIpc) is 2.21. The number of anilines is 1. The number of benzene rings is 1. The number of rotatable bonds is 3. The van der Waals surface area contributed by atoms with E-state index in [1.54, 1.807) is 0 Å². The first-order valence-corrected chi connectivity index (χ1v) is 5.39. The molecular weight excluding hydrogens is 237 g/mol. The number of hydrogen-bond acceptors (Lipinski definition) is 2. The monoisotopic (exact) mass is 247 g/mol. The number of hydrogen-bond donors (Lipinski definition) is 1. The second-order valence-electron chi connectivity index (χ2n) is 3.02. The van der Waals surface area contributed by atoms with Crippen molar-refractivity contribution in [3.63, 3.8) is 0 Å². The lowest BCUT2D eigenvalue weighted by molar-refractivity contribution is -0.117. The van der Waals surface area contributed by atoms with Crippen molar-refractivity contribution in [2.24, 2.45) is 0 Å². The van der Waals surface area contributed by atoms with Crippen molar-refractivity contribution in [1.82, 2.24) is 0 Å². The van der Waals surface area contributed by atoms with Gasteiger partial charge < -0.3 is 4.90 Å². The Balaban J connectivity index is 2.94. The highest BCUT2D eigenvalue weighted by atomic mass is 35.5. The van der Waals surface area contributed by atoms with Crippen LogP contribution in [0.5, 0.6) is 0 Å². The summed E-state index contributed by atoms with van der Waals surface area (Å²) in [7, 11) is 1.51. The van der Waals surface area contributed by atoms with Crippen LogP contribution in [0.15, 0.2) is 18.2 Å². The van der Waals surface area contributed by atoms with Gasteiger partial charge in [-0.1, -0.05) is 11.6 Å². The van der Waals surface area contributed by atoms with Crippen LogP contribution in [0.2, 0.25) is 5.02 Å².